The van der Waals surface area contributed by atoms with Gasteiger partial charge in [-0.25, -0.2) is 0 Å². The van der Waals surface area contributed by atoms with E-state index in [-0.39, 0.29) is 30.9 Å². The summed E-state index contributed by atoms with van der Waals surface area (Å²) in [4.78, 5) is 50.5. The summed E-state index contributed by atoms with van der Waals surface area (Å²) in [5, 5.41) is 0.705. The van der Waals surface area contributed by atoms with E-state index >= 15 is 0 Å². The van der Waals surface area contributed by atoms with E-state index in [0.29, 0.717) is 10.9 Å². The molecule has 0 saturated heterocycles. The molecule has 3 rings (SSSR count). The summed E-state index contributed by atoms with van der Waals surface area (Å²) in [6.45, 7) is 0. The molecule has 1 atom stereocenters. The van der Waals surface area contributed by atoms with Crippen molar-refractivity contribution in [1.29, 1.82) is 0 Å². The highest BCUT2D eigenvalue weighted by Crippen LogP contribution is 2.43. The Balaban J connectivity index is 2.23. The molecule has 148 valence electrons. The van der Waals surface area contributed by atoms with Gasteiger partial charge in [-0.2, -0.15) is 0 Å². The Hall–Kier alpha value is -3.16. The van der Waals surface area contributed by atoms with Crippen LogP contribution in [0, 0.1) is 5.92 Å². The zero-order chi connectivity index (χ0) is 20.5. The highest BCUT2D eigenvalue weighted by Gasteiger charge is 2.57. The monoisotopic (exact) mass is 387 g/mol. The maximum atomic E-state index is 13.2. The van der Waals surface area contributed by atoms with E-state index in [9.17, 15) is 19.2 Å². The van der Waals surface area contributed by atoms with Gasteiger partial charge in [-0.15, -0.1) is 0 Å². The smallest absolute Gasteiger partial charge is 0.329 e. The SMILES string of the molecule is COC(=O)CCC1CC(C(=O)OC)(C(=O)OC)c2cc3ccccc3n2C1=O. The first-order chi connectivity index (χ1) is 13.4. The van der Waals surface area contributed by atoms with Crippen LogP contribution < -0.4 is 0 Å². The molecule has 0 radical (unpaired) electrons. The van der Waals surface area contributed by atoms with Gasteiger partial charge in [0.2, 0.25) is 11.3 Å². The van der Waals surface area contributed by atoms with Crippen LogP contribution in [0.5, 0.6) is 0 Å². The minimum atomic E-state index is -1.79. The van der Waals surface area contributed by atoms with Gasteiger partial charge in [0.05, 0.1) is 32.5 Å². The molecule has 0 spiro atoms. The molecule has 0 N–H and O–H groups in total. The molecule has 1 aromatic heterocycles. The third kappa shape index (κ3) is 2.85. The number of carbonyl (C=O) groups excluding carboxylic acids is 4. The molecular weight excluding hydrogens is 366 g/mol. The second-order valence-electron chi connectivity index (χ2n) is 6.67. The fourth-order valence-electron chi connectivity index (χ4n) is 3.88. The first-order valence-corrected chi connectivity index (χ1v) is 8.79. The van der Waals surface area contributed by atoms with E-state index in [1.54, 1.807) is 30.3 Å². The van der Waals surface area contributed by atoms with E-state index in [2.05, 4.69) is 4.74 Å². The average Bonchev–Trinajstić information content (AvgIpc) is 3.12. The van der Waals surface area contributed by atoms with Crippen molar-refractivity contribution in [3.8, 4) is 0 Å². The van der Waals surface area contributed by atoms with Crippen molar-refractivity contribution in [3.63, 3.8) is 0 Å². The number of ether oxygens (including phenoxy) is 3. The van der Waals surface area contributed by atoms with Gasteiger partial charge in [-0.05, 0) is 25.0 Å². The van der Waals surface area contributed by atoms with Crippen molar-refractivity contribution < 1.29 is 33.4 Å². The van der Waals surface area contributed by atoms with Gasteiger partial charge in [0.15, 0.2) is 0 Å². The van der Waals surface area contributed by atoms with Crippen LogP contribution in [0.2, 0.25) is 0 Å². The quantitative estimate of drug-likeness (QED) is 0.438. The molecule has 0 amide bonds. The number of methoxy groups -OCH3 is 3. The second-order valence-corrected chi connectivity index (χ2v) is 6.67. The lowest BCUT2D eigenvalue weighted by Crippen LogP contribution is -2.53. The fraction of sp³-hybridized carbons (Fsp3) is 0.400. The van der Waals surface area contributed by atoms with Crippen molar-refractivity contribution in [1.82, 2.24) is 4.57 Å². The Morgan fingerprint density at radius 3 is 2.32 bits per heavy atom. The summed E-state index contributed by atoms with van der Waals surface area (Å²) >= 11 is 0. The molecule has 28 heavy (non-hydrogen) atoms. The largest absolute Gasteiger partial charge is 0.469 e. The number of benzene rings is 1. The molecule has 0 saturated carbocycles. The van der Waals surface area contributed by atoms with Gasteiger partial charge >= 0.3 is 17.9 Å². The zero-order valence-electron chi connectivity index (χ0n) is 15.9. The number of aromatic nitrogens is 1. The molecule has 0 aliphatic carbocycles. The number of rotatable bonds is 5. The predicted molar refractivity (Wildman–Crippen MR) is 97.6 cm³/mol. The molecule has 2 heterocycles. The van der Waals surface area contributed by atoms with Crippen molar-refractivity contribution in [3.05, 3.63) is 36.0 Å². The molecule has 8 heteroatoms. The number of hydrogen-bond acceptors (Lipinski definition) is 7. The normalized spacial score (nSPS) is 17.7. The number of hydrogen-bond donors (Lipinski definition) is 0. The van der Waals surface area contributed by atoms with Crippen LogP contribution in [-0.2, 0) is 34.0 Å². The van der Waals surface area contributed by atoms with Gasteiger partial charge in [0.1, 0.15) is 0 Å². The lowest BCUT2D eigenvalue weighted by molar-refractivity contribution is -0.163. The van der Waals surface area contributed by atoms with Gasteiger partial charge in [-0.1, -0.05) is 18.2 Å². The first-order valence-electron chi connectivity index (χ1n) is 8.79. The molecular formula is C20H21NO7. The summed E-state index contributed by atoms with van der Waals surface area (Å²) in [6, 6.07) is 8.72. The van der Waals surface area contributed by atoms with Gasteiger partial charge in [-0.3, -0.25) is 23.7 Å². The van der Waals surface area contributed by atoms with Crippen molar-refractivity contribution in [2.45, 2.75) is 24.7 Å². The van der Waals surface area contributed by atoms with Crippen LogP contribution in [0.1, 0.15) is 29.8 Å². The van der Waals surface area contributed by atoms with Gasteiger partial charge in [0, 0.05) is 17.7 Å². The highest BCUT2D eigenvalue weighted by atomic mass is 16.5. The van der Waals surface area contributed by atoms with E-state index < -0.39 is 29.2 Å². The molecule has 1 aromatic carbocycles. The predicted octanol–water partition coefficient (Wildman–Crippen LogP) is 1.84. The molecule has 0 bridgehead atoms. The summed E-state index contributed by atoms with van der Waals surface area (Å²) < 4.78 is 15.9. The zero-order valence-corrected chi connectivity index (χ0v) is 15.9. The summed E-state index contributed by atoms with van der Waals surface area (Å²) in [7, 11) is 3.62. The van der Waals surface area contributed by atoms with Crippen LogP contribution in [0.25, 0.3) is 10.9 Å². The third-order valence-corrected chi connectivity index (χ3v) is 5.26. The summed E-state index contributed by atoms with van der Waals surface area (Å²) in [5.74, 6) is -3.14. The van der Waals surface area contributed by atoms with E-state index in [1.165, 1.54) is 25.9 Å². The number of fused-ring (bicyclic) bond motifs is 3. The summed E-state index contributed by atoms with van der Waals surface area (Å²) in [6.07, 6.45) is -0.0223. The third-order valence-electron chi connectivity index (χ3n) is 5.26. The molecule has 0 fully saturated rings. The number of esters is 3. The van der Waals surface area contributed by atoms with E-state index in [0.717, 1.165) is 0 Å². The van der Waals surface area contributed by atoms with E-state index in [1.807, 2.05) is 0 Å². The lowest BCUT2D eigenvalue weighted by atomic mass is 9.72. The first kappa shape index (κ1) is 19.6. The molecule has 1 unspecified atom stereocenters. The van der Waals surface area contributed by atoms with Crippen LogP contribution in [0.15, 0.2) is 30.3 Å². The van der Waals surface area contributed by atoms with E-state index in [4.69, 9.17) is 9.47 Å². The van der Waals surface area contributed by atoms with Crippen molar-refractivity contribution in [2.75, 3.05) is 21.3 Å². The van der Waals surface area contributed by atoms with Crippen LogP contribution >= 0.6 is 0 Å². The number of carbonyl (C=O) groups is 4. The second kappa shape index (κ2) is 7.46. The Kier molecular flexibility index (Phi) is 5.22. The highest BCUT2D eigenvalue weighted by molar-refractivity contribution is 6.10. The maximum Gasteiger partial charge on any atom is 0.329 e. The standard InChI is InChI=1S/C20H21NO7/c1-26-16(22)9-8-13-11-20(18(24)27-2,19(25)28-3)15-10-12-6-4-5-7-14(12)21(15)17(13)23/h4-7,10,13H,8-9,11H2,1-3H3. The molecule has 1 aliphatic rings. The topological polar surface area (TPSA) is 101 Å². The summed E-state index contributed by atoms with van der Waals surface area (Å²) in [5.41, 5.74) is -1.01. The fourth-order valence-corrected chi connectivity index (χ4v) is 3.88. The van der Waals surface area contributed by atoms with Gasteiger partial charge in [0.25, 0.3) is 0 Å². The van der Waals surface area contributed by atoms with Crippen LogP contribution in [0.4, 0.5) is 0 Å². The Morgan fingerprint density at radius 2 is 1.71 bits per heavy atom. The van der Waals surface area contributed by atoms with Crippen LogP contribution in [-0.4, -0.2) is 49.7 Å². The molecule has 8 nitrogen and oxygen atoms in total. The van der Waals surface area contributed by atoms with Crippen molar-refractivity contribution >= 4 is 34.7 Å². The number of para-hydroxylation sites is 1. The molecule has 1 aliphatic heterocycles. The molecule has 2 aromatic rings. The maximum absolute atomic E-state index is 13.2. The minimum Gasteiger partial charge on any atom is -0.469 e. The minimum absolute atomic E-state index is 0.0140. The average molecular weight is 387 g/mol. The number of nitrogens with zero attached hydrogens (tertiary/aromatic N) is 1. The lowest BCUT2D eigenvalue weighted by Gasteiger charge is -2.36. The van der Waals surface area contributed by atoms with Crippen LogP contribution in [0.3, 0.4) is 0 Å². The van der Waals surface area contributed by atoms with Gasteiger partial charge < -0.3 is 14.2 Å². The van der Waals surface area contributed by atoms with Crippen molar-refractivity contribution in [2.24, 2.45) is 5.92 Å². The Labute approximate surface area is 161 Å². The Bertz CT molecular complexity index is 943. The Morgan fingerprint density at radius 1 is 1.07 bits per heavy atom.